The molecule has 0 bridgehead atoms. The Bertz CT molecular complexity index is 808. The predicted molar refractivity (Wildman–Crippen MR) is 104 cm³/mol. The van der Waals surface area contributed by atoms with E-state index >= 15 is 0 Å². The topological polar surface area (TPSA) is 88.7 Å². The van der Waals surface area contributed by atoms with Gasteiger partial charge in [0.2, 0.25) is 5.91 Å². The number of rotatable bonds is 7. The molecule has 7 heteroatoms. The van der Waals surface area contributed by atoms with Crippen molar-refractivity contribution in [2.24, 2.45) is 0 Å². The maximum absolute atomic E-state index is 12.2. The van der Waals surface area contributed by atoms with Gasteiger partial charge in [-0.2, -0.15) is 0 Å². The van der Waals surface area contributed by atoms with E-state index in [0.717, 1.165) is 11.1 Å². The molecule has 0 saturated heterocycles. The first-order chi connectivity index (χ1) is 12.9. The Morgan fingerprint density at radius 1 is 1.04 bits per heavy atom. The van der Waals surface area contributed by atoms with E-state index < -0.39 is 0 Å². The van der Waals surface area contributed by atoms with Crippen molar-refractivity contribution in [2.45, 2.75) is 26.4 Å². The molecule has 2 rings (SSSR count). The molecule has 3 N–H and O–H groups in total. The molecule has 0 unspecified atom stereocenters. The first kappa shape index (κ1) is 20.1. The number of nitrogens with one attached hydrogen (secondary N) is 3. The molecular weight excluding hydrogens is 346 g/mol. The zero-order valence-corrected chi connectivity index (χ0v) is 16.0. The van der Waals surface area contributed by atoms with Crippen molar-refractivity contribution in [3.05, 3.63) is 53.6 Å². The number of benzene rings is 2. The van der Waals surface area contributed by atoms with Crippen LogP contribution in [0.2, 0.25) is 0 Å². The van der Waals surface area contributed by atoms with Crippen molar-refractivity contribution in [3.8, 4) is 11.5 Å². The van der Waals surface area contributed by atoms with Crippen molar-refractivity contribution in [1.29, 1.82) is 0 Å². The molecule has 2 aromatic rings. The largest absolute Gasteiger partial charge is 0.493 e. The Balaban J connectivity index is 1.92. The van der Waals surface area contributed by atoms with E-state index in [1.165, 1.54) is 6.92 Å². The van der Waals surface area contributed by atoms with Crippen LogP contribution < -0.4 is 25.4 Å². The maximum Gasteiger partial charge on any atom is 0.315 e. The molecule has 0 saturated carbocycles. The summed E-state index contributed by atoms with van der Waals surface area (Å²) in [6.07, 6.45) is 0. The summed E-state index contributed by atoms with van der Waals surface area (Å²) in [5.41, 5.74) is 2.48. The van der Waals surface area contributed by atoms with E-state index in [1.807, 2.05) is 37.3 Å². The van der Waals surface area contributed by atoms with Crippen LogP contribution in [0.3, 0.4) is 0 Å². The number of hydrogen-bond acceptors (Lipinski definition) is 4. The minimum absolute atomic E-state index is 0.138. The number of ether oxygens (including phenoxy) is 2. The van der Waals surface area contributed by atoms with Crippen molar-refractivity contribution in [3.63, 3.8) is 0 Å². The lowest BCUT2D eigenvalue weighted by atomic mass is 10.1. The van der Waals surface area contributed by atoms with E-state index in [0.29, 0.717) is 23.7 Å². The summed E-state index contributed by atoms with van der Waals surface area (Å²) < 4.78 is 10.5. The molecule has 0 spiro atoms. The molecule has 0 aliphatic rings. The average Bonchev–Trinajstić information content (AvgIpc) is 2.65. The van der Waals surface area contributed by atoms with Crippen molar-refractivity contribution in [1.82, 2.24) is 10.6 Å². The fourth-order valence-corrected chi connectivity index (χ4v) is 2.59. The van der Waals surface area contributed by atoms with E-state index in [-0.39, 0.29) is 18.0 Å². The van der Waals surface area contributed by atoms with Gasteiger partial charge in [0, 0.05) is 19.2 Å². The molecule has 0 fully saturated rings. The molecule has 144 valence electrons. The first-order valence-corrected chi connectivity index (χ1v) is 8.55. The number of carbonyl (C=O) groups is 2. The van der Waals surface area contributed by atoms with Gasteiger partial charge in [0.15, 0.2) is 11.5 Å². The Hall–Kier alpha value is -3.22. The smallest absolute Gasteiger partial charge is 0.315 e. The number of methoxy groups -OCH3 is 2. The van der Waals surface area contributed by atoms with Gasteiger partial charge in [0.1, 0.15) is 0 Å². The van der Waals surface area contributed by atoms with Crippen LogP contribution in [0.1, 0.15) is 31.0 Å². The second kappa shape index (κ2) is 9.47. The Morgan fingerprint density at radius 2 is 1.78 bits per heavy atom. The van der Waals surface area contributed by atoms with Crippen molar-refractivity contribution >= 4 is 17.6 Å². The van der Waals surface area contributed by atoms with E-state index in [2.05, 4.69) is 16.0 Å². The first-order valence-electron chi connectivity index (χ1n) is 8.55. The van der Waals surface area contributed by atoms with Gasteiger partial charge in [0.05, 0.1) is 20.3 Å². The number of hydrogen-bond donors (Lipinski definition) is 3. The summed E-state index contributed by atoms with van der Waals surface area (Å²) >= 11 is 0. The van der Waals surface area contributed by atoms with Gasteiger partial charge in [0.25, 0.3) is 0 Å². The lowest BCUT2D eigenvalue weighted by Gasteiger charge is -2.16. The highest BCUT2D eigenvalue weighted by atomic mass is 16.5. The molecular formula is C20H25N3O4. The number of anilines is 1. The zero-order valence-electron chi connectivity index (χ0n) is 16.0. The Morgan fingerprint density at radius 3 is 2.44 bits per heavy atom. The molecule has 0 aliphatic heterocycles. The molecule has 0 aromatic heterocycles. The summed E-state index contributed by atoms with van der Waals surface area (Å²) in [7, 11) is 3.14. The van der Waals surface area contributed by atoms with Gasteiger partial charge in [-0.05, 0) is 42.3 Å². The Labute approximate surface area is 159 Å². The third-order valence-electron chi connectivity index (χ3n) is 3.96. The molecule has 0 aliphatic carbocycles. The number of urea groups is 1. The van der Waals surface area contributed by atoms with Crippen LogP contribution in [-0.4, -0.2) is 26.2 Å². The van der Waals surface area contributed by atoms with Crippen LogP contribution in [-0.2, 0) is 11.3 Å². The van der Waals surface area contributed by atoms with Gasteiger partial charge >= 0.3 is 6.03 Å². The van der Waals surface area contributed by atoms with Crippen LogP contribution in [0, 0.1) is 0 Å². The minimum Gasteiger partial charge on any atom is -0.493 e. The average molecular weight is 371 g/mol. The number of carbonyl (C=O) groups excluding carboxylic acids is 2. The normalized spacial score (nSPS) is 11.3. The van der Waals surface area contributed by atoms with Gasteiger partial charge in [-0.15, -0.1) is 0 Å². The highest BCUT2D eigenvalue weighted by Gasteiger charge is 2.11. The molecule has 27 heavy (non-hydrogen) atoms. The maximum atomic E-state index is 12.2. The highest BCUT2D eigenvalue weighted by molar-refractivity contribution is 5.88. The standard InChI is InChI=1S/C20H25N3O4/c1-13(16-6-5-7-17(11-16)23-14(2)24)22-20(25)21-12-15-8-9-18(26-3)19(10-15)27-4/h5-11,13H,12H2,1-4H3,(H,23,24)(H2,21,22,25)/t13-/m1/s1. The lowest BCUT2D eigenvalue weighted by Crippen LogP contribution is -2.36. The second-order valence-electron chi connectivity index (χ2n) is 6.04. The predicted octanol–water partition coefficient (Wildman–Crippen LogP) is 3.22. The summed E-state index contributed by atoms with van der Waals surface area (Å²) in [5, 5.41) is 8.43. The third-order valence-corrected chi connectivity index (χ3v) is 3.96. The van der Waals surface area contributed by atoms with Crippen LogP contribution in [0.5, 0.6) is 11.5 Å². The van der Waals surface area contributed by atoms with Crippen molar-refractivity contribution < 1.29 is 19.1 Å². The van der Waals surface area contributed by atoms with E-state index in [1.54, 1.807) is 26.4 Å². The van der Waals surface area contributed by atoms with E-state index in [4.69, 9.17) is 9.47 Å². The van der Waals surface area contributed by atoms with Gasteiger partial charge in [-0.3, -0.25) is 4.79 Å². The monoisotopic (exact) mass is 371 g/mol. The van der Waals surface area contributed by atoms with E-state index in [9.17, 15) is 9.59 Å². The minimum atomic E-state index is -0.290. The highest BCUT2D eigenvalue weighted by Crippen LogP contribution is 2.27. The molecule has 0 heterocycles. The van der Waals surface area contributed by atoms with Gasteiger partial charge in [-0.1, -0.05) is 18.2 Å². The fourth-order valence-electron chi connectivity index (χ4n) is 2.59. The summed E-state index contributed by atoms with van der Waals surface area (Å²) in [6, 6.07) is 12.3. The van der Waals surface area contributed by atoms with Gasteiger partial charge < -0.3 is 25.4 Å². The SMILES string of the molecule is COc1ccc(CNC(=O)N[C@H](C)c2cccc(NC(C)=O)c2)cc1OC. The lowest BCUT2D eigenvalue weighted by molar-refractivity contribution is -0.114. The van der Waals surface area contributed by atoms with Crippen molar-refractivity contribution in [2.75, 3.05) is 19.5 Å². The van der Waals surface area contributed by atoms with Gasteiger partial charge in [-0.25, -0.2) is 4.79 Å². The molecule has 1 atom stereocenters. The quantitative estimate of drug-likeness (QED) is 0.697. The summed E-state index contributed by atoms with van der Waals surface area (Å²) in [5.74, 6) is 1.11. The van der Waals surface area contributed by atoms with Crippen LogP contribution in [0.15, 0.2) is 42.5 Å². The Kier molecular flexibility index (Phi) is 7.05. The summed E-state index contributed by atoms with van der Waals surface area (Å²) in [6.45, 7) is 3.68. The molecule has 7 nitrogen and oxygen atoms in total. The second-order valence-corrected chi connectivity index (χ2v) is 6.04. The fraction of sp³-hybridized carbons (Fsp3) is 0.300. The van der Waals surface area contributed by atoms with Crippen LogP contribution in [0.4, 0.5) is 10.5 Å². The van der Waals surface area contributed by atoms with Crippen LogP contribution in [0.25, 0.3) is 0 Å². The van der Waals surface area contributed by atoms with Crippen LogP contribution >= 0.6 is 0 Å². The molecule has 0 radical (unpaired) electrons. The number of amides is 3. The zero-order chi connectivity index (χ0) is 19.8. The molecule has 3 amide bonds. The summed E-state index contributed by atoms with van der Waals surface area (Å²) in [4.78, 5) is 23.4. The molecule has 2 aromatic carbocycles. The third kappa shape index (κ3) is 5.91.